The summed E-state index contributed by atoms with van der Waals surface area (Å²) in [6, 6.07) is 8.62. The van der Waals surface area contributed by atoms with E-state index in [1.54, 1.807) is 24.5 Å². The van der Waals surface area contributed by atoms with E-state index in [4.69, 9.17) is 16.0 Å². The minimum Gasteiger partial charge on any atom is -0.427 e. The molecule has 0 bridgehead atoms. The summed E-state index contributed by atoms with van der Waals surface area (Å²) in [7, 11) is 0. The second-order valence-electron chi connectivity index (χ2n) is 8.36. The Morgan fingerprint density at radius 2 is 2.14 bits per heavy atom. The Hall–Kier alpha value is -3.50. The molecule has 2 atom stereocenters. The Kier molecular flexibility index (Phi) is 7.43. The number of nitrogens with one attached hydrogen (secondary N) is 4. The van der Waals surface area contributed by atoms with Crippen molar-refractivity contribution in [1.82, 2.24) is 21.4 Å². The summed E-state index contributed by atoms with van der Waals surface area (Å²) in [6.45, 7) is 0. The molecule has 2 unspecified atom stereocenters. The van der Waals surface area contributed by atoms with Gasteiger partial charge in [0.25, 0.3) is 0 Å². The summed E-state index contributed by atoms with van der Waals surface area (Å²) in [6.07, 6.45) is 10.5. The molecule has 3 heterocycles. The van der Waals surface area contributed by atoms with Crippen LogP contribution in [0.15, 0.2) is 91.1 Å². The van der Waals surface area contributed by atoms with Gasteiger partial charge in [-0.15, -0.1) is 0 Å². The molecule has 0 amide bonds. The Balaban J connectivity index is 1.36. The quantitative estimate of drug-likeness (QED) is 0.427. The molecule has 1 fully saturated rings. The van der Waals surface area contributed by atoms with Gasteiger partial charge >= 0.3 is 5.63 Å². The van der Waals surface area contributed by atoms with Crippen LogP contribution in [-0.2, 0) is 5.75 Å². The first kappa shape index (κ1) is 24.2. The molecule has 0 spiro atoms. The summed E-state index contributed by atoms with van der Waals surface area (Å²) < 4.78 is 19.8. The largest absolute Gasteiger partial charge is 0.427 e. The van der Waals surface area contributed by atoms with Crippen molar-refractivity contribution < 1.29 is 8.81 Å². The van der Waals surface area contributed by atoms with E-state index in [9.17, 15) is 9.18 Å². The number of benzene rings is 1. The van der Waals surface area contributed by atoms with Gasteiger partial charge in [-0.1, -0.05) is 35.0 Å². The zero-order valence-electron chi connectivity index (χ0n) is 19.1. The molecule has 3 aliphatic rings. The van der Waals surface area contributed by atoms with E-state index in [2.05, 4.69) is 31.5 Å². The number of thioether (sulfide) groups is 1. The summed E-state index contributed by atoms with van der Waals surface area (Å²) >= 11 is 7.49. The SMILES string of the molecule is O=c1cccc(CSC2=NNC(c3cc(Cl)ccc3F)C=C2NC2C=C(NC=C3CCC3)NC=N2)o1. The number of nitrogens with zero attached hydrogens (tertiary/aromatic N) is 2. The van der Waals surface area contributed by atoms with Gasteiger partial charge in [-0.25, -0.2) is 14.2 Å². The Morgan fingerprint density at radius 3 is 2.94 bits per heavy atom. The van der Waals surface area contributed by atoms with Gasteiger partial charge in [-0.05, 0) is 49.6 Å². The molecule has 0 radical (unpaired) electrons. The van der Waals surface area contributed by atoms with Gasteiger partial charge in [0, 0.05) is 28.9 Å². The Bertz CT molecular complexity index is 1350. The van der Waals surface area contributed by atoms with Crippen molar-refractivity contribution in [2.75, 3.05) is 0 Å². The fourth-order valence-electron chi connectivity index (χ4n) is 3.71. The number of aliphatic imine (C=N–C) groups is 1. The highest BCUT2D eigenvalue weighted by molar-refractivity contribution is 8.13. The summed E-state index contributed by atoms with van der Waals surface area (Å²) in [4.78, 5) is 16.0. The molecule has 1 aromatic carbocycles. The van der Waals surface area contributed by atoms with Crippen molar-refractivity contribution in [2.24, 2.45) is 10.1 Å². The van der Waals surface area contributed by atoms with E-state index < -0.39 is 11.7 Å². The maximum atomic E-state index is 14.6. The fourth-order valence-corrected chi connectivity index (χ4v) is 4.73. The molecule has 1 aromatic heterocycles. The molecular weight excluding hydrogens is 503 g/mol. The highest BCUT2D eigenvalue weighted by Gasteiger charge is 2.24. The number of halogens is 2. The first-order chi connectivity index (χ1) is 17.5. The monoisotopic (exact) mass is 526 g/mol. The maximum Gasteiger partial charge on any atom is 0.335 e. The van der Waals surface area contributed by atoms with Crippen molar-refractivity contribution >= 4 is 34.7 Å². The molecule has 0 saturated heterocycles. The van der Waals surface area contributed by atoms with Crippen molar-refractivity contribution in [3.05, 3.63) is 104 Å². The lowest BCUT2D eigenvalue weighted by Gasteiger charge is -2.26. The van der Waals surface area contributed by atoms with E-state index in [0.717, 1.165) is 18.7 Å². The van der Waals surface area contributed by atoms with Crippen molar-refractivity contribution in [3.63, 3.8) is 0 Å². The van der Waals surface area contributed by atoms with E-state index in [-0.39, 0.29) is 12.0 Å². The average Bonchev–Trinajstić information content (AvgIpc) is 2.84. The summed E-state index contributed by atoms with van der Waals surface area (Å²) in [5.74, 6) is 1.33. The van der Waals surface area contributed by atoms with Crippen LogP contribution in [0.5, 0.6) is 0 Å². The first-order valence-electron chi connectivity index (χ1n) is 11.5. The van der Waals surface area contributed by atoms with Crippen LogP contribution in [0.1, 0.15) is 36.6 Å². The van der Waals surface area contributed by atoms with Gasteiger partial charge in [0.15, 0.2) is 0 Å². The first-order valence-corrected chi connectivity index (χ1v) is 12.8. The minimum absolute atomic E-state index is 0.377. The lowest BCUT2D eigenvalue weighted by molar-refractivity contribution is 0.477. The van der Waals surface area contributed by atoms with Crippen LogP contribution in [0.4, 0.5) is 4.39 Å². The van der Waals surface area contributed by atoms with Gasteiger partial charge in [0.05, 0.1) is 23.8 Å². The number of hydrazone groups is 1. The molecule has 1 saturated carbocycles. The molecule has 186 valence electrons. The number of rotatable bonds is 7. The van der Waals surface area contributed by atoms with E-state index in [0.29, 0.717) is 32.8 Å². The normalized spacial score (nSPS) is 20.7. The predicted octanol–water partition coefficient (Wildman–Crippen LogP) is 4.25. The van der Waals surface area contributed by atoms with Crippen LogP contribution in [0, 0.1) is 5.82 Å². The average molecular weight is 527 g/mol. The molecule has 2 aliphatic heterocycles. The number of hydrogen-bond donors (Lipinski definition) is 4. The smallest absolute Gasteiger partial charge is 0.335 e. The third-order valence-electron chi connectivity index (χ3n) is 5.77. The van der Waals surface area contributed by atoms with Gasteiger partial charge in [-0.2, -0.15) is 5.10 Å². The minimum atomic E-state index is -0.541. The molecule has 5 rings (SSSR count). The Labute approximate surface area is 216 Å². The summed E-state index contributed by atoms with van der Waals surface area (Å²) in [5.41, 5.74) is 5.01. The zero-order chi connectivity index (χ0) is 24.9. The highest BCUT2D eigenvalue weighted by atomic mass is 35.5. The lowest BCUT2D eigenvalue weighted by Crippen LogP contribution is -2.37. The van der Waals surface area contributed by atoms with Gasteiger partial charge in [-0.3, -0.25) is 5.43 Å². The zero-order valence-corrected chi connectivity index (χ0v) is 20.7. The van der Waals surface area contributed by atoms with E-state index in [1.807, 2.05) is 18.4 Å². The third kappa shape index (κ3) is 6.00. The molecular formula is C25H24ClFN6O2S. The molecule has 4 N–H and O–H groups in total. The van der Waals surface area contributed by atoms with Gasteiger partial charge < -0.3 is 20.4 Å². The summed E-state index contributed by atoms with van der Waals surface area (Å²) in [5, 5.41) is 15.3. The highest BCUT2D eigenvalue weighted by Crippen LogP contribution is 2.28. The van der Waals surface area contributed by atoms with Crippen LogP contribution in [-0.4, -0.2) is 17.5 Å². The maximum absolute atomic E-state index is 14.6. The van der Waals surface area contributed by atoms with Crippen molar-refractivity contribution in [2.45, 2.75) is 37.2 Å². The van der Waals surface area contributed by atoms with E-state index in [1.165, 1.54) is 42.0 Å². The second kappa shape index (κ2) is 11.0. The molecule has 2 aromatic rings. The van der Waals surface area contributed by atoms with Gasteiger partial charge in [0.2, 0.25) is 0 Å². The molecule has 8 nitrogen and oxygen atoms in total. The molecule has 1 aliphatic carbocycles. The van der Waals surface area contributed by atoms with Crippen LogP contribution < -0.4 is 27.0 Å². The lowest BCUT2D eigenvalue weighted by atomic mass is 9.94. The third-order valence-corrected chi connectivity index (χ3v) is 7.02. The van der Waals surface area contributed by atoms with Crippen molar-refractivity contribution in [1.29, 1.82) is 0 Å². The van der Waals surface area contributed by atoms with Gasteiger partial charge in [0.1, 0.15) is 28.6 Å². The van der Waals surface area contributed by atoms with Crippen molar-refractivity contribution in [3.8, 4) is 0 Å². The second-order valence-corrected chi connectivity index (χ2v) is 9.76. The molecule has 36 heavy (non-hydrogen) atoms. The number of allylic oxidation sites excluding steroid dienone is 1. The Morgan fingerprint density at radius 1 is 1.25 bits per heavy atom. The fraction of sp³-hybridized carbons (Fsp3) is 0.240. The molecule has 11 heteroatoms. The topological polar surface area (TPSA) is 103 Å². The van der Waals surface area contributed by atoms with Crippen LogP contribution in [0.2, 0.25) is 5.02 Å². The van der Waals surface area contributed by atoms with Crippen LogP contribution in [0.25, 0.3) is 0 Å². The number of hydrogen-bond acceptors (Lipinski definition) is 9. The van der Waals surface area contributed by atoms with E-state index >= 15 is 0 Å². The van der Waals surface area contributed by atoms with Crippen LogP contribution in [0.3, 0.4) is 0 Å². The standard InChI is InChI=1S/C25H24ClFN6O2S/c26-16-7-8-19(27)18(9-16)20-10-21(25(33-32-20)36-13-17-5-2-6-24(34)35-17)31-23-11-22(29-14-30-23)28-12-15-3-1-4-15/h2,5-12,14,20,23,28,31-32H,1,3-4,13H2,(H,29,30). The van der Waals surface area contributed by atoms with Crippen LogP contribution >= 0.6 is 23.4 Å². The predicted molar refractivity (Wildman–Crippen MR) is 141 cm³/mol.